The molecule has 0 amide bonds. The van der Waals surface area contributed by atoms with Crippen molar-refractivity contribution in [3.8, 4) is 0 Å². The van der Waals surface area contributed by atoms with Crippen molar-refractivity contribution < 1.29 is 96.1 Å². The molecule has 0 aromatic heterocycles. The molecular weight excluding hydrogens is 1040 g/mol. The third-order valence-corrected chi connectivity index (χ3v) is 22.2. The molecule has 0 bridgehead atoms. The number of hydrogen-bond acceptors (Lipinski definition) is 0. The van der Waals surface area contributed by atoms with Crippen molar-refractivity contribution in [2.24, 2.45) is 0 Å². The zero-order valence-corrected chi connectivity index (χ0v) is 43.9. The van der Waals surface area contributed by atoms with Crippen LogP contribution in [-0.4, -0.2) is 0 Å². The van der Waals surface area contributed by atoms with Crippen LogP contribution in [0.3, 0.4) is 0 Å². The van der Waals surface area contributed by atoms with Crippen LogP contribution in [0, 0.1) is 0 Å². The fourth-order valence-corrected chi connectivity index (χ4v) is 20.1. The van der Waals surface area contributed by atoms with Crippen LogP contribution in [0.4, 0.5) is 0 Å². The van der Waals surface area contributed by atoms with Gasteiger partial charge in [-0.15, -0.1) is 0 Å². The summed E-state index contributed by atoms with van der Waals surface area (Å²) in [6.45, 7) is 0. The molecule has 0 radical (unpaired) electrons. The largest absolute Gasteiger partial charge is 1.00 e. The first-order valence-corrected chi connectivity index (χ1v) is 27.4. The smallest absolute Gasteiger partial charge is 1.00 e. The van der Waals surface area contributed by atoms with Crippen LogP contribution < -0.4 is 49.6 Å². The van der Waals surface area contributed by atoms with Crippen molar-refractivity contribution in [2.75, 3.05) is 0 Å². The number of benzene rings is 8. The van der Waals surface area contributed by atoms with Gasteiger partial charge in [-0.1, -0.05) is 0 Å². The van der Waals surface area contributed by atoms with Crippen molar-refractivity contribution in [1.82, 2.24) is 0 Å². The first-order valence-electron chi connectivity index (χ1n) is 21.7. The Bertz CT molecular complexity index is 2620. The molecular formula is C60H44Cl4Zr2. The summed E-state index contributed by atoms with van der Waals surface area (Å²) in [5.41, 5.74) is 23.3. The predicted octanol–water partition coefficient (Wildman–Crippen LogP) is 3.34. The van der Waals surface area contributed by atoms with Crippen LogP contribution in [0.2, 0.25) is 0 Å². The Morgan fingerprint density at radius 1 is 0.212 bits per heavy atom. The Balaban J connectivity index is 0.000000185. The van der Waals surface area contributed by atoms with Gasteiger partial charge in [0.15, 0.2) is 0 Å². The second-order valence-corrected chi connectivity index (χ2v) is 23.8. The minimum atomic E-state index is -0.942. The third-order valence-electron chi connectivity index (χ3n) is 12.8. The summed E-state index contributed by atoms with van der Waals surface area (Å²) in [7, 11) is 0. The predicted molar refractivity (Wildman–Crippen MR) is 254 cm³/mol. The summed E-state index contributed by atoms with van der Waals surface area (Å²) in [6.07, 6.45) is 9.79. The molecule has 66 heavy (non-hydrogen) atoms. The zero-order valence-electron chi connectivity index (χ0n) is 35.9. The van der Waals surface area contributed by atoms with E-state index in [0.29, 0.717) is 14.5 Å². The van der Waals surface area contributed by atoms with Crippen LogP contribution in [0.5, 0.6) is 0 Å². The van der Waals surface area contributed by atoms with Crippen LogP contribution in [0.1, 0.15) is 81.3 Å². The van der Waals surface area contributed by atoms with E-state index >= 15 is 0 Å². The van der Waals surface area contributed by atoms with Gasteiger partial charge in [-0.3, -0.25) is 0 Å². The van der Waals surface area contributed by atoms with E-state index in [9.17, 15) is 0 Å². The normalized spacial score (nSPS) is 17.5. The number of fused-ring (bicyclic) bond motifs is 4. The zero-order chi connectivity index (χ0) is 41.2. The average molecular weight is 1090 g/mol. The molecule has 0 spiro atoms. The van der Waals surface area contributed by atoms with Gasteiger partial charge < -0.3 is 49.6 Å². The summed E-state index contributed by atoms with van der Waals surface area (Å²) >= 11 is -1.88. The summed E-state index contributed by atoms with van der Waals surface area (Å²) in [6, 6.07) is 80.2. The quantitative estimate of drug-likeness (QED) is 0.220. The second kappa shape index (κ2) is 22.6. The second-order valence-electron chi connectivity index (χ2n) is 16.4. The van der Waals surface area contributed by atoms with Gasteiger partial charge in [0.2, 0.25) is 0 Å². The summed E-state index contributed by atoms with van der Waals surface area (Å²) < 4.78 is 2.24. The molecule has 4 aliphatic rings. The number of rotatable bonds is 8. The topological polar surface area (TPSA) is 0 Å². The van der Waals surface area contributed by atoms with Crippen LogP contribution in [0.15, 0.2) is 218 Å². The van der Waals surface area contributed by atoms with Crippen molar-refractivity contribution in [1.29, 1.82) is 0 Å². The van der Waals surface area contributed by atoms with E-state index in [1.807, 2.05) is 0 Å². The van der Waals surface area contributed by atoms with Gasteiger partial charge in [-0.25, -0.2) is 0 Å². The van der Waals surface area contributed by atoms with E-state index in [2.05, 4.69) is 243 Å². The molecule has 0 saturated heterocycles. The Labute approximate surface area is 437 Å². The van der Waals surface area contributed by atoms with Gasteiger partial charge in [0.25, 0.3) is 0 Å². The minimum absolute atomic E-state index is 0. The molecule has 0 nitrogen and oxygen atoms in total. The van der Waals surface area contributed by atoms with E-state index in [-0.39, 0.29) is 49.6 Å². The maximum atomic E-state index is 2.45. The standard InChI is InChI=1S/4C15H11.4ClH.2Zr/c4*1-2-6-12(7-3-1)15-10-13-8-4-5-9-14(13)11-15;;;;;;/h4*1-11H;4*1H;;/q;;;;;;;;2*+2/p-4. The molecule has 320 valence electrons. The van der Waals surface area contributed by atoms with E-state index in [4.69, 9.17) is 0 Å². The number of allylic oxidation sites excluding steroid dienone is 4. The Morgan fingerprint density at radius 2 is 0.394 bits per heavy atom. The molecule has 0 fully saturated rings. The van der Waals surface area contributed by atoms with Gasteiger partial charge in [-0.05, 0) is 0 Å². The van der Waals surface area contributed by atoms with E-state index in [1.54, 1.807) is 0 Å². The fraction of sp³-hybridized carbons (Fsp3) is 0.0667. The van der Waals surface area contributed by atoms with Gasteiger partial charge in [0, 0.05) is 0 Å². The Kier molecular flexibility index (Phi) is 17.0. The van der Waals surface area contributed by atoms with Crippen LogP contribution >= 0.6 is 0 Å². The Morgan fingerprint density at radius 3 is 0.606 bits per heavy atom. The molecule has 4 atom stereocenters. The molecule has 8 aromatic rings. The van der Waals surface area contributed by atoms with Crippen LogP contribution in [-0.2, 0) is 46.5 Å². The maximum absolute atomic E-state index is 2.45. The monoisotopic (exact) mass is 1080 g/mol. The van der Waals surface area contributed by atoms with Crippen molar-refractivity contribution in [2.45, 2.75) is 14.5 Å². The maximum Gasteiger partial charge on any atom is -1.00 e. The number of hydrogen-bond donors (Lipinski definition) is 0. The van der Waals surface area contributed by atoms with Gasteiger partial charge in [0.05, 0.1) is 0 Å². The summed E-state index contributed by atoms with van der Waals surface area (Å²) in [5, 5.41) is 0. The van der Waals surface area contributed by atoms with E-state index in [1.165, 1.54) is 89.1 Å². The van der Waals surface area contributed by atoms with Crippen LogP contribution in [0.25, 0.3) is 46.6 Å². The molecule has 0 aliphatic heterocycles. The molecule has 12 rings (SSSR count). The molecule has 4 unspecified atom stereocenters. The van der Waals surface area contributed by atoms with Crippen molar-refractivity contribution in [3.63, 3.8) is 0 Å². The molecule has 0 heterocycles. The van der Waals surface area contributed by atoms with Crippen molar-refractivity contribution in [3.05, 3.63) is 285 Å². The number of halogens is 4. The first-order chi connectivity index (χ1) is 30.8. The SMILES string of the molecule is C1=C(c2ccccc2)[CH]([Zr+2][CH]2C(c3ccccc3)=Cc3ccccc32)c2ccccc21.C1=C(c2ccccc2)[CH]([Zr+2][CH]2C(c3ccccc3)=Cc3ccccc32)c2ccccc21.[Cl-].[Cl-].[Cl-].[Cl-]. The van der Waals surface area contributed by atoms with Gasteiger partial charge in [0.1, 0.15) is 0 Å². The Hall–Kier alpha value is -4.35. The van der Waals surface area contributed by atoms with E-state index in [0.717, 1.165) is 0 Å². The molecule has 4 aliphatic carbocycles. The molecule has 0 saturated carbocycles. The molecule has 8 aromatic carbocycles. The van der Waals surface area contributed by atoms with E-state index < -0.39 is 46.5 Å². The van der Waals surface area contributed by atoms with Gasteiger partial charge in [-0.2, -0.15) is 0 Å². The summed E-state index contributed by atoms with van der Waals surface area (Å²) in [4.78, 5) is 0. The summed E-state index contributed by atoms with van der Waals surface area (Å²) in [5.74, 6) is 0. The van der Waals surface area contributed by atoms with Gasteiger partial charge >= 0.3 is 393 Å². The molecule has 0 N–H and O–H groups in total. The minimum Gasteiger partial charge on any atom is -1.00 e. The fourth-order valence-electron chi connectivity index (χ4n) is 9.87. The first kappa shape index (κ1) is 49.5. The third kappa shape index (κ3) is 9.94. The molecule has 6 heteroatoms. The van der Waals surface area contributed by atoms with Crippen molar-refractivity contribution >= 4 is 46.6 Å². The average Bonchev–Trinajstić information content (AvgIpc) is 4.12.